The van der Waals surface area contributed by atoms with E-state index in [0.717, 1.165) is 28.5 Å². The number of thioether (sulfide) groups is 1. The standard InChI is InChI=1S/C18H13ClFN3OS/c19-11-4-3-5-12(8-11)23-17(14-9-25-10-16(14)22-23)21-18(24)13-6-1-2-7-15(13)20/h1-8H,9-10H2,(H,21,24). The molecule has 0 saturated heterocycles. The van der Waals surface area contributed by atoms with Crippen molar-refractivity contribution < 1.29 is 9.18 Å². The van der Waals surface area contributed by atoms with Gasteiger partial charge in [-0.1, -0.05) is 29.8 Å². The number of anilines is 1. The van der Waals surface area contributed by atoms with Gasteiger partial charge in [-0.25, -0.2) is 9.07 Å². The third kappa shape index (κ3) is 3.03. The van der Waals surface area contributed by atoms with E-state index in [9.17, 15) is 9.18 Å². The molecule has 1 N–H and O–H groups in total. The molecule has 7 heteroatoms. The first-order valence-electron chi connectivity index (χ1n) is 7.64. The molecule has 1 aromatic heterocycles. The van der Waals surface area contributed by atoms with Crippen molar-refractivity contribution in [2.24, 2.45) is 0 Å². The summed E-state index contributed by atoms with van der Waals surface area (Å²) in [6, 6.07) is 13.1. The average Bonchev–Trinajstić information content (AvgIpc) is 3.18. The number of halogens is 2. The number of carbonyl (C=O) groups excluding carboxylic acids is 1. The highest BCUT2D eigenvalue weighted by Gasteiger charge is 2.25. The highest BCUT2D eigenvalue weighted by atomic mass is 35.5. The summed E-state index contributed by atoms with van der Waals surface area (Å²) in [5.41, 5.74) is 2.64. The van der Waals surface area contributed by atoms with E-state index in [4.69, 9.17) is 11.6 Å². The second-order valence-corrected chi connectivity index (χ2v) is 7.01. The number of nitrogens with zero attached hydrogens (tertiary/aromatic N) is 2. The van der Waals surface area contributed by atoms with Crippen LogP contribution in [0.15, 0.2) is 48.5 Å². The van der Waals surface area contributed by atoms with E-state index in [0.29, 0.717) is 10.8 Å². The van der Waals surface area contributed by atoms with Crippen molar-refractivity contribution in [2.75, 3.05) is 5.32 Å². The number of aromatic nitrogens is 2. The predicted molar refractivity (Wildman–Crippen MR) is 97.9 cm³/mol. The molecule has 0 unspecified atom stereocenters. The highest BCUT2D eigenvalue weighted by Crippen LogP contribution is 2.36. The summed E-state index contributed by atoms with van der Waals surface area (Å²) < 4.78 is 15.6. The average molecular weight is 374 g/mol. The number of nitrogens with one attached hydrogen (secondary N) is 1. The lowest BCUT2D eigenvalue weighted by atomic mass is 10.2. The first-order valence-corrected chi connectivity index (χ1v) is 9.17. The van der Waals surface area contributed by atoms with E-state index in [1.165, 1.54) is 12.1 Å². The fourth-order valence-electron chi connectivity index (χ4n) is 2.76. The number of benzene rings is 2. The number of fused-ring (bicyclic) bond motifs is 1. The third-order valence-electron chi connectivity index (χ3n) is 3.96. The van der Waals surface area contributed by atoms with Crippen LogP contribution >= 0.6 is 23.4 Å². The SMILES string of the molecule is O=C(Nc1c2c(nn1-c1cccc(Cl)c1)CSC2)c1ccccc1F. The van der Waals surface area contributed by atoms with Gasteiger partial charge in [-0.3, -0.25) is 4.79 Å². The van der Waals surface area contributed by atoms with Crippen LogP contribution in [0.4, 0.5) is 10.2 Å². The first-order chi connectivity index (χ1) is 12.1. The molecule has 1 amide bonds. The molecule has 25 heavy (non-hydrogen) atoms. The van der Waals surface area contributed by atoms with E-state index >= 15 is 0 Å². The minimum Gasteiger partial charge on any atom is -0.306 e. The van der Waals surface area contributed by atoms with Gasteiger partial charge in [-0.15, -0.1) is 0 Å². The maximum Gasteiger partial charge on any atom is 0.259 e. The van der Waals surface area contributed by atoms with Crippen molar-refractivity contribution in [3.8, 4) is 5.69 Å². The lowest BCUT2D eigenvalue weighted by molar-refractivity contribution is 0.102. The van der Waals surface area contributed by atoms with Gasteiger partial charge in [-0.05, 0) is 30.3 Å². The Labute approximate surface area is 153 Å². The van der Waals surface area contributed by atoms with Crippen LogP contribution in [-0.4, -0.2) is 15.7 Å². The Morgan fingerprint density at radius 1 is 1.20 bits per heavy atom. The van der Waals surface area contributed by atoms with E-state index in [-0.39, 0.29) is 5.56 Å². The van der Waals surface area contributed by atoms with Crippen molar-refractivity contribution in [1.82, 2.24) is 9.78 Å². The lowest BCUT2D eigenvalue weighted by Crippen LogP contribution is -2.17. The first kappa shape index (κ1) is 16.2. The summed E-state index contributed by atoms with van der Waals surface area (Å²) >= 11 is 7.81. The van der Waals surface area contributed by atoms with Crippen molar-refractivity contribution in [1.29, 1.82) is 0 Å². The number of hydrogen-bond donors (Lipinski definition) is 1. The van der Waals surface area contributed by atoms with Crippen LogP contribution in [0.1, 0.15) is 21.6 Å². The topological polar surface area (TPSA) is 46.9 Å². The second-order valence-electron chi connectivity index (χ2n) is 5.59. The van der Waals surface area contributed by atoms with E-state index in [1.54, 1.807) is 40.7 Å². The number of amides is 1. The smallest absolute Gasteiger partial charge is 0.259 e. The number of carbonyl (C=O) groups is 1. The van der Waals surface area contributed by atoms with E-state index in [1.807, 2.05) is 12.1 Å². The Hall–Kier alpha value is -2.31. The van der Waals surface area contributed by atoms with Gasteiger partial charge >= 0.3 is 0 Å². The van der Waals surface area contributed by atoms with Crippen molar-refractivity contribution in [2.45, 2.75) is 11.5 Å². The summed E-state index contributed by atoms with van der Waals surface area (Å²) in [5.74, 6) is 1.05. The largest absolute Gasteiger partial charge is 0.306 e. The Bertz CT molecular complexity index is 973. The summed E-state index contributed by atoms with van der Waals surface area (Å²) in [4.78, 5) is 12.6. The van der Waals surface area contributed by atoms with Crippen LogP contribution in [0.2, 0.25) is 5.02 Å². The van der Waals surface area contributed by atoms with Gasteiger partial charge in [0.1, 0.15) is 11.6 Å². The fraction of sp³-hybridized carbons (Fsp3) is 0.111. The molecule has 3 aromatic rings. The molecule has 4 rings (SSSR count). The Morgan fingerprint density at radius 2 is 2.04 bits per heavy atom. The monoisotopic (exact) mass is 373 g/mol. The lowest BCUT2D eigenvalue weighted by Gasteiger charge is -2.11. The molecule has 0 atom stereocenters. The molecule has 2 heterocycles. The van der Waals surface area contributed by atoms with Crippen LogP contribution in [0.3, 0.4) is 0 Å². The van der Waals surface area contributed by atoms with Crippen LogP contribution in [0.5, 0.6) is 0 Å². The summed E-state index contributed by atoms with van der Waals surface area (Å²) in [6.45, 7) is 0. The molecule has 0 spiro atoms. The number of hydrogen-bond acceptors (Lipinski definition) is 3. The normalized spacial score (nSPS) is 12.9. The molecule has 2 aromatic carbocycles. The van der Waals surface area contributed by atoms with Gasteiger partial charge in [0.2, 0.25) is 0 Å². The minimum atomic E-state index is -0.556. The molecule has 1 aliphatic heterocycles. The van der Waals surface area contributed by atoms with Crippen molar-refractivity contribution in [3.63, 3.8) is 0 Å². The van der Waals surface area contributed by atoms with Crippen LogP contribution in [-0.2, 0) is 11.5 Å². The zero-order chi connectivity index (χ0) is 17.4. The van der Waals surface area contributed by atoms with Crippen LogP contribution < -0.4 is 5.32 Å². The van der Waals surface area contributed by atoms with E-state index in [2.05, 4.69) is 10.4 Å². The minimum absolute atomic E-state index is 0.000689. The number of rotatable bonds is 3. The van der Waals surface area contributed by atoms with Gasteiger partial charge in [0.25, 0.3) is 5.91 Å². The molecule has 0 fully saturated rings. The summed E-state index contributed by atoms with van der Waals surface area (Å²) in [6.07, 6.45) is 0. The molecular formula is C18H13ClFN3OS. The van der Waals surface area contributed by atoms with Crippen LogP contribution in [0, 0.1) is 5.82 Å². The van der Waals surface area contributed by atoms with Gasteiger partial charge in [0.05, 0.1) is 16.9 Å². The molecule has 0 aliphatic carbocycles. The Balaban J connectivity index is 1.76. The molecular weight excluding hydrogens is 361 g/mol. The van der Waals surface area contributed by atoms with Gasteiger partial charge in [0, 0.05) is 22.1 Å². The van der Waals surface area contributed by atoms with Crippen LogP contribution in [0.25, 0.3) is 5.69 Å². The molecule has 126 valence electrons. The third-order valence-corrected chi connectivity index (χ3v) is 5.16. The zero-order valence-corrected chi connectivity index (χ0v) is 14.6. The van der Waals surface area contributed by atoms with E-state index < -0.39 is 11.7 Å². The molecule has 1 aliphatic rings. The molecule has 0 radical (unpaired) electrons. The molecule has 0 bridgehead atoms. The van der Waals surface area contributed by atoms with Gasteiger partial charge < -0.3 is 5.32 Å². The highest BCUT2D eigenvalue weighted by molar-refractivity contribution is 7.98. The van der Waals surface area contributed by atoms with Crippen molar-refractivity contribution >= 4 is 35.1 Å². The second kappa shape index (κ2) is 6.54. The van der Waals surface area contributed by atoms with Crippen molar-refractivity contribution in [3.05, 3.63) is 76.2 Å². The maximum absolute atomic E-state index is 13.9. The molecule has 4 nitrogen and oxygen atoms in total. The Morgan fingerprint density at radius 3 is 2.84 bits per heavy atom. The van der Waals surface area contributed by atoms with Gasteiger partial charge in [0.15, 0.2) is 0 Å². The summed E-state index contributed by atoms with van der Waals surface area (Å²) in [5, 5.41) is 8.01. The predicted octanol–water partition coefficient (Wildman–Crippen LogP) is 4.66. The zero-order valence-electron chi connectivity index (χ0n) is 13.0. The maximum atomic E-state index is 13.9. The summed E-state index contributed by atoms with van der Waals surface area (Å²) in [7, 11) is 0. The quantitative estimate of drug-likeness (QED) is 0.726. The van der Waals surface area contributed by atoms with Gasteiger partial charge in [-0.2, -0.15) is 16.9 Å². The molecule has 0 saturated carbocycles. The Kier molecular flexibility index (Phi) is 4.23. The fourth-order valence-corrected chi connectivity index (χ4v) is 3.98.